The van der Waals surface area contributed by atoms with E-state index >= 15 is 0 Å². The maximum Gasteiger partial charge on any atom is 0.256 e. The molecule has 0 aliphatic carbocycles. The van der Waals surface area contributed by atoms with Crippen molar-refractivity contribution in [1.82, 2.24) is 10.2 Å². The topological polar surface area (TPSA) is 44.4 Å². The highest BCUT2D eigenvalue weighted by Crippen LogP contribution is 2.40. The standard InChI is InChI=1S/C17H18BrN3OS/c1-2-21-7-6-12-13(9-21)23-17-14(12)16(22)19-15(20-17)10-4-3-5-11(18)8-10/h3-5,8,15,20H,2,6-7,9H2,1H3,(H,19,22)/t15-/m0/s1. The number of anilines is 1. The molecule has 1 aromatic heterocycles. The molecule has 1 amide bonds. The van der Waals surface area contributed by atoms with E-state index in [9.17, 15) is 4.79 Å². The molecule has 2 aliphatic rings. The third-order valence-electron chi connectivity index (χ3n) is 4.54. The Bertz CT molecular complexity index is 773. The average molecular weight is 392 g/mol. The zero-order chi connectivity index (χ0) is 16.0. The van der Waals surface area contributed by atoms with Crippen LogP contribution < -0.4 is 10.6 Å². The summed E-state index contributed by atoms with van der Waals surface area (Å²) in [5.41, 5.74) is 3.17. The predicted molar refractivity (Wildman–Crippen MR) is 96.9 cm³/mol. The smallest absolute Gasteiger partial charge is 0.256 e. The van der Waals surface area contributed by atoms with Gasteiger partial charge in [0.1, 0.15) is 11.2 Å². The summed E-state index contributed by atoms with van der Waals surface area (Å²) in [4.78, 5) is 16.4. The van der Waals surface area contributed by atoms with E-state index < -0.39 is 0 Å². The molecule has 0 spiro atoms. The van der Waals surface area contributed by atoms with Crippen molar-refractivity contribution in [1.29, 1.82) is 0 Å². The van der Waals surface area contributed by atoms with Gasteiger partial charge in [0.15, 0.2) is 0 Å². The molecule has 0 fully saturated rings. The Labute approximate surface area is 148 Å². The summed E-state index contributed by atoms with van der Waals surface area (Å²) >= 11 is 5.23. The SMILES string of the molecule is CCN1CCc2c(sc3c2C(=O)N[C@H](c2cccc(Br)c2)N3)C1. The van der Waals surface area contributed by atoms with Gasteiger partial charge in [-0.1, -0.05) is 35.0 Å². The fourth-order valence-electron chi connectivity index (χ4n) is 3.29. The average Bonchev–Trinajstić information content (AvgIpc) is 2.92. The van der Waals surface area contributed by atoms with E-state index in [0.29, 0.717) is 0 Å². The minimum Gasteiger partial charge on any atom is -0.353 e. The normalized spacial score (nSPS) is 20.4. The van der Waals surface area contributed by atoms with E-state index in [-0.39, 0.29) is 12.1 Å². The second kappa shape index (κ2) is 5.92. The summed E-state index contributed by atoms with van der Waals surface area (Å²) in [5, 5.41) is 7.62. The number of fused-ring (bicyclic) bond motifs is 3. The third-order valence-corrected chi connectivity index (χ3v) is 6.18. The molecule has 2 aliphatic heterocycles. The highest BCUT2D eigenvalue weighted by molar-refractivity contribution is 9.10. The van der Waals surface area contributed by atoms with Crippen molar-refractivity contribution >= 4 is 38.2 Å². The number of halogens is 1. The monoisotopic (exact) mass is 391 g/mol. The van der Waals surface area contributed by atoms with Crippen molar-refractivity contribution < 1.29 is 4.79 Å². The molecular formula is C17H18BrN3OS. The van der Waals surface area contributed by atoms with Gasteiger partial charge < -0.3 is 10.6 Å². The van der Waals surface area contributed by atoms with Crippen LogP contribution in [0.3, 0.4) is 0 Å². The highest BCUT2D eigenvalue weighted by atomic mass is 79.9. The lowest BCUT2D eigenvalue weighted by atomic mass is 10.0. The third kappa shape index (κ3) is 2.69. The fourth-order valence-corrected chi connectivity index (χ4v) is 5.02. The molecule has 1 aromatic carbocycles. The van der Waals surface area contributed by atoms with Gasteiger partial charge in [0.25, 0.3) is 5.91 Å². The Morgan fingerprint density at radius 1 is 1.39 bits per heavy atom. The zero-order valence-electron chi connectivity index (χ0n) is 12.9. The number of thiophene rings is 1. The van der Waals surface area contributed by atoms with Crippen molar-refractivity contribution in [2.24, 2.45) is 0 Å². The number of amides is 1. The highest BCUT2D eigenvalue weighted by Gasteiger charge is 2.33. The number of nitrogens with zero attached hydrogens (tertiary/aromatic N) is 1. The van der Waals surface area contributed by atoms with Gasteiger partial charge in [-0.15, -0.1) is 11.3 Å². The number of nitrogens with one attached hydrogen (secondary N) is 2. The minimum atomic E-state index is -0.171. The quantitative estimate of drug-likeness (QED) is 0.819. The lowest BCUT2D eigenvalue weighted by molar-refractivity contribution is 0.0934. The van der Waals surface area contributed by atoms with Crippen LogP contribution in [0.15, 0.2) is 28.7 Å². The molecule has 1 atom stereocenters. The van der Waals surface area contributed by atoms with Crippen molar-refractivity contribution in [2.45, 2.75) is 26.1 Å². The largest absolute Gasteiger partial charge is 0.353 e. The van der Waals surface area contributed by atoms with Crippen LogP contribution in [-0.4, -0.2) is 23.9 Å². The second-order valence-electron chi connectivity index (χ2n) is 5.93. The second-order valence-corrected chi connectivity index (χ2v) is 7.95. The molecule has 23 heavy (non-hydrogen) atoms. The number of likely N-dealkylation sites (N-methyl/N-ethyl adjacent to an activating group) is 1. The molecule has 0 bridgehead atoms. The van der Waals surface area contributed by atoms with Gasteiger partial charge in [0.05, 0.1) is 5.56 Å². The summed E-state index contributed by atoms with van der Waals surface area (Å²) in [6.45, 7) is 5.24. The van der Waals surface area contributed by atoms with Crippen LogP contribution in [0.1, 0.15) is 39.5 Å². The minimum absolute atomic E-state index is 0.0474. The van der Waals surface area contributed by atoms with Crippen LogP contribution in [-0.2, 0) is 13.0 Å². The lowest BCUT2D eigenvalue weighted by Gasteiger charge is -2.28. The van der Waals surface area contributed by atoms with Crippen LogP contribution >= 0.6 is 27.3 Å². The number of rotatable bonds is 2. The lowest BCUT2D eigenvalue weighted by Crippen LogP contribution is -2.38. The Balaban J connectivity index is 1.68. The van der Waals surface area contributed by atoms with Crippen LogP contribution in [0.25, 0.3) is 0 Å². The zero-order valence-corrected chi connectivity index (χ0v) is 15.3. The van der Waals surface area contributed by atoms with E-state index in [1.54, 1.807) is 11.3 Å². The molecular weight excluding hydrogens is 374 g/mol. The van der Waals surface area contributed by atoms with Gasteiger partial charge in [-0.05, 0) is 36.2 Å². The maximum atomic E-state index is 12.7. The van der Waals surface area contributed by atoms with Gasteiger partial charge in [0, 0.05) is 22.4 Å². The first-order chi connectivity index (χ1) is 11.2. The van der Waals surface area contributed by atoms with E-state index in [2.05, 4.69) is 38.4 Å². The molecule has 4 nitrogen and oxygen atoms in total. The molecule has 3 heterocycles. The molecule has 0 unspecified atom stereocenters. The molecule has 0 radical (unpaired) electrons. The van der Waals surface area contributed by atoms with Crippen LogP contribution in [0.4, 0.5) is 5.00 Å². The van der Waals surface area contributed by atoms with Gasteiger partial charge in [-0.3, -0.25) is 9.69 Å². The Hall–Kier alpha value is -1.37. The first-order valence-corrected chi connectivity index (χ1v) is 9.46. The summed E-state index contributed by atoms with van der Waals surface area (Å²) in [6.07, 6.45) is 0.793. The van der Waals surface area contributed by atoms with Crippen LogP contribution in [0.5, 0.6) is 0 Å². The maximum absolute atomic E-state index is 12.7. The molecule has 6 heteroatoms. The van der Waals surface area contributed by atoms with Crippen LogP contribution in [0, 0.1) is 0 Å². The molecule has 0 saturated carbocycles. The Morgan fingerprint density at radius 2 is 2.26 bits per heavy atom. The van der Waals surface area contributed by atoms with E-state index in [1.165, 1.54) is 10.4 Å². The first-order valence-electron chi connectivity index (χ1n) is 7.85. The fraction of sp³-hybridized carbons (Fsp3) is 0.353. The van der Waals surface area contributed by atoms with Gasteiger partial charge in [-0.25, -0.2) is 0 Å². The number of hydrogen-bond donors (Lipinski definition) is 2. The van der Waals surface area contributed by atoms with E-state index in [0.717, 1.165) is 46.7 Å². The summed E-state index contributed by atoms with van der Waals surface area (Å²) in [7, 11) is 0. The molecule has 120 valence electrons. The predicted octanol–water partition coefficient (Wildman–Crippen LogP) is 3.74. The van der Waals surface area contributed by atoms with Gasteiger partial charge in [0.2, 0.25) is 0 Å². The van der Waals surface area contributed by atoms with E-state index in [4.69, 9.17) is 0 Å². The number of hydrogen-bond acceptors (Lipinski definition) is 4. The van der Waals surface area contributed by atoms with Crippen molar-refractivity contribution in [3.8, 4) is 0 Å². The number of benzene rings is 1. The van der Waals surface area contributed by atoms with Gasteiger partial charge >= 0.3 is 0 Å². The Morgan fingerprint density at radius 3 is 3.04 bits per heavy atom. The number of carbonyl (C=O) groups excluding carboxylic acids is 1. The summed E-state index contributed by atoms with van der Waals surface area (Å²) in [6, 6.07) is 8.04. The molecule has 0 saturated heterocycles. The number of carbonyl (C=O) groups is 1. The summed E-state index contributed by atoms with van der Waals surface area (Å²) < 4.78 is 1.01. The van der Waals surface area contributed by atoms with Gasteiger partial charge in [-0.2, -0.15) is 0 Å². The van der Waals surface area contributed by atoms with Crippen molar-refractivity contribution in [3.05, 3.63) is 50.3 Å². The molecule has 4 rings (SSSR count). The molecule has 2 aromatic rings. The first kappa shape index (κ1) is 15.2. The van der Waals surface area contributed by atoms with Crippen LogP contribution in [0.2, 0.25) is 0 Å². The summed E-state index contributed by atoms with van der Waals surface area (Å²) in [5.74, 6) is 0.0474. The molecule has 2 N–H and O–H groups in total. The van der Waals surface area contributed by atoms with Crippen molar-refractivity contribution in [3.63, 3.8) is 0 Å². The Kier molecular flexibility index (Phi) is 3.91. The van der Waals surface area contributed by atoms with E-state index in [1.807, 2.05) is 24.3 Å². The van der Waals surface area contributed by atoms with Crippen molar-refractivity contribution in [2.75, 3.05) is 18.4 Å².